The lowest BCUT2D eigenvalue weighted by atomic mass is 9.79. The van der Waals surface area contributed by atoms with Crippen LogP contribution in [-0.4, -0.2) is 13.2 Å². The van der Waals surface area contributed by atoms with Crippen LogP contribution in [0.4, 0.5) is 0 Å². The van der Waals surface area contributed by atoms with Crippen molar-refractivity contribution in [3.8, 4) is 0 Å². The number of ether oxygens (including phenoxy) is 1. The van der Waals surface area contributed by atoms with E-state index < -0.39 is 0 Å². The lowest BCUT2D eigenvalue weighted by Gasteiger charge is -2.32. The Labute approximate surface area is 108 Å². The lowest BCUT2D eigenvalue weighted by Crippen LogP contribution is -2.24. The SMILES string of the molecule is c1ccc([C@H]2COCC[C@H]2c2ccccc2)cc1. The summed E-state index contributed by atoms with van der Waals surface area (Å²) in [6, 6.07) is 21.6. The van der Waals surface area contributed by atoms with Crippen LogP contribution in [-0.2, 0) is 4.74 Å². The zero-order chi connectivity index (χ0) is 12.2. The van der Waals surface area contributed by atoms with E-state index in [0.29, 0.717) is 11.8 Å². The second kappa shape index (κ2) is 5.36. The Bertz CT molecular complexity index is 430. The first kappa shape index (κ1) is 11.5. The molecule has 3 rings (SSSR count). The van der Waals surface area contributed by atoms with E-state index in [1.807, 2.05) is 0 Å². The van der Waals surface area contributed by atoms with Gasteiger partial charge in [-0.3, -0.25) is 0 Å². The topological polar surface area (TPSA) is 9.23 Å². The summed E-state index contributed by atoms with van der Waals surface area (Å²) in [4.78, 5) is 0. The highest BCUT2D eigenvalue weighted by Gasteiger charge is 2.28. The van der Waals surface area contributed by atoms with Crippen LogP contribution in [0.2, 0.25) is 0 Å². The molecule has 18 heavy (non-hydrogen) atoms. The van der Waals surface area contributed by atoms with Crippen LogP contribution in [0.25, 0.3) is 0 Å². The Morgan fingerprint density at radius 3 is 1.89 bits per heavy atom. The molecule has 1 heterocycles. The highest BCUT2D eigenvalue weighted by molar-refractivity contribution is 5.29. The third kappa shape index (κ3) is 2.32. The lowest BCUT2D eigenvalue weighted by molar-refractivity contribution is 0.0676. The predicted molar refractivity (Wildman–Crippen MR) is 73.8 cm³/mol. The molecule has 1 heteroatoms. The van der Waals surface area contributed by atoms with Gasteiger partial charge in [-0.1, -0.05) is 60.7 Å². The molecule has 1 aliphatic rings. The maximum atomic E-state index is 5.69. The fourth-order valence-corrected chi connectivity index (χ4v) is 2.87. The molecule has 0 unspecified atom stereocenters. The minimum Gasteiger partial charge on any atom is -0.381 e. The molecule has 92 valence electrons. The van der Waals surface area contributed by atoms with Crippen molar-refractivity contribution < 1.29 is 4.74 Å². The monoisotopic (exact) mass is 238 g/mol. The largest absolute Gasteiger partial charge is 0.381 e. The van der Waals surface area contributed by atoms with Crippen molar-refractivity contribution in [1.29, 1.82) is 0 Å². The van der Waals surface area contributed by atoms with Crippen LogP contribution in [0.5, 0.6) is 0 Å². The van der Waals surface area contributed by atoms with Crippen molar-refractivity contribution in [2.45, 2.75) is 18.3 Å². The van der Waals surface area contributed by atoms with Gasteiger partial charge in [0.2, 0.25) is 0 Å². The van der Waals surface area contributed by atoms with E-state index in [-0.39, 0.29) is 0 Å². The fourth-order valence-electron chi connectivity index (χ4n) is 2.87. The van der Waals surface area contributed by atoms with Gasteiger partial charge in [-0.2, -0.15) is 0 Å². The zero-order valence-electron chi connectivity index (χ0n) is 10.5. The number of hydrogen-bond acceptors (Lipinski definition) is 1. The van der Waals surface area contributed by atoms with Gasteiger partial charge in [0, 0.05) is 12.5 Å². The van der Waals surface area contributed by atoms with Crippen molar-refractivity contribution in [2.75, 3.05) is 13.2 Å². The van der Waals surface area contributed by atoms with Crippen molar-refractivity contribution in [1.82, 2.24) is 0 Å². The molecule has 2 atom stereocenters. The maximum Gasteiger partial charge on any atom is 0.0540 e. The second-order valence-electron chi connectivity index (χ2n) is 4.90. The normalized spacial score (nSPS) is 23.8. The van der Waals surface area contributed by atoms with Crippen LogP contribution < -0.4 is 0 Å². The summed E-state index contributed by atoms with van der Waals surface area (Å²) < 4.78 is 5.69. The third-order valence-electron chi connectivity index (χ3n) is 3.81. The van der Waals surface area contributed by atoms with E-state index in [4.69, 9.17) is 4.74 Å². The Kier molecular flexibility index (Phi) is 3.42. The first-order valence-corrected chi connectivity index (χ1v) is 6.63. The van der Waals surface area contributed by atoms with Gasteiger partial charge in [0.25, 0.3) is 0 Å². The van der Waals surface area contributed by atoms with Crippen LogP contribution in [0, 0.1) is 0 Å². The smallest absolute Gasteiger partial charge is 0.0540 e. The van der Waals surface area contributed by atoms with Crippen molar-refractivity contribution in [2.24, 2.45) is 0 Å². The van der Waals surface area contributed by atoms with E-state index in [1.54, 1.807) is 0 Å². The number of hydrogen-bond donors (Lipinski definition) is 0. The number of rotatable bonds is 2. The average molecular weight is 238 g/mol. The summed E-state index contributed by atoms with van der Waals surface area (Å²) in [5, 5.41) is 0. The molecule has 0 N–H and O–H groups in total. The molecule has 0 amide bonds. The summed E-state index contributed by atoms with van der Waals surface area (Å²) >= 11 is 0. The van der Waals surface area contributed by atoms with E-state index in [0.717, 1.165) is 19.6 Å². The second-order valence-corrected chi connectivity index (χ2v) is 4.90. The van der Waals surface area contributed by atoms with Crippen molar-refractivity contribution in [3.63, 3.8) is 0 Å². The van der Waals surface area contributed by atoms with Crippen LogP contribution in [0.15, 0.2) is 60.7 Å². The Hall–Kier alpha value is -1.60. The molecule has 0 spiro atoms. The van der Waals surface area contributed by atoms with Crippen LogP contribution in [0.3, 0.4) is 0 Å². The minimum absolute atomic E-state index is 0.488. The van der Waals surface area contributed by atoms with Crippen molar-refractivity contribution in [3.05, 3.63) is 71.8 Å². The Balaban J connectivity index is 1.92. The summed E-state index contributed by atoms with van der Waals surface area (Å²) in [5.74, 6) is 1.07. The maximum absolute atomic E-state index is 5.69. The number of benzene rings is 2. The van der Waals surface area contributed by atoms with Crippen LogP contribution >= 0.6 is 0 Å². The molecule has 2 aromatic rings. The first-order valence-electron chi connectivity index (χ1n) is 6.63. The minimum atomic E-state index is 0.488. The third-order valence-corrected chi connectivity index (χ3v) is 3.81. The van der Waals surface area contributed by atoms with E-state index >= 15 is 0 Å². The summed E-state index contributed by atoms with van der Waals surface area (Å²) in [6.07, 6.45) is 1.11. The molecular weight excluding hydrogens is 220 g/mol. The standard InChI is InChI=1S/C17H18O/c1-3-7-14(8-4-1)16-11-12-18-13-17(16)15-9-5-2-6-10-15/h1-10,16-17H,11-13H2/t16-,17+/m0/s1. The molecule has 0 saturated carbocycles. The molecule has 0 bridgehead atoms. The summed E-state index contributed by atoms with van der Waals surface area (Å²) in [5.41, 5.74) is 2.83. The highest BCUT2D eigenvalue weighted by Crippen LogP contribution is 2.38. The molecule has 2 aromatic carbocycles. The highest BCUT2D eigenvalue weighted by atomic mass is 16.5. The molecule has 1 nitrogen and oxygen atoms in total. The van der Waals surface area contributed by atoms with Gasteiger partial charge in [0.15, 0.2) is 0 Å². The fraction of sp³-hybridized carbons (Fsp3) is 0.294. The van der Waals surface area contributed by atoms with Gasteiger partial charge in [-0.25, -0.2) is 0 Å². The van der Waals surface area contributed by atoms with Gasteiger partial charge < -0.3 is 4.74 Å². The quantitative estimate of drug-likeness (QED) is 0.769. The molecule has 1 fully saturated rings. The van der Waals surface area contributed by atoms with Gasteiger partial charge in [-0.15, -0.1) is 0 Å². The molecule has 1 aliphatic heterocycles. The molecule has 0 aromatic heterocycles. The Morgan fingerprint density at radius 1 is 0.722 bits per heavy atom. The van der Waals surface area contributed by atoms with Gasteiger partial charge >= 0.3 is 0 Å². The first-order chi connectivity index (χ1) is 8.95. The molecule has 0 aliphatic carbocycles. The van der Waals surface area contributed by atoms with Crippen molar-refractivity contribution >= 4 is 0 Å². The predicted octanol–water partition coefficient (Wildman–Crippen LogP) is 3.97. The Morgan fingerprint density at radius 2 is 1.28 bits per heavy atom. The van der Waals surface area contributed by atoms with Gasteiger partial charge in [-0.05, 0) is 23.5 Å². The average Bonchev–Trinajstić information content (AvgIpc) is 2.49. The summed E-state index contributed by atoms with van der Waals surface area (Å²) in [7, 11) is 0. The summed E-state index contributed by atoms with van der Waals surface area (Å²) in [6.45, 7) is 1.71. The van der Waals surface area contributed by atoms with Crippen LogP contribution in [0.1, 0.15) is 29.4 Å². The zero-order valence-corrected chi connectivity index (χ0v) is 10.5. The molecule has 1 saturated heterocycles. The van der Waals surface area contributed by atoms with E-state index in [1.165, 1.54) is 11.1 Å². The molecule has 0 radical (unpaired) electrons. The molecular formula is C17H18O. The van der Waals surface area contributed by atoms with Gasteiger partial charge in [0.05, 0.1) is 6.61 Å². The van der Waals surface area contributed by atoms with Gasteiger partial charge in [0.1, 0.15) is 0 Å². The van der Waals surface area contributed by atoms with E-state index in [9.17, 15) is 0 Å². The van der Waals surface area contributed by atoms with E-state index in [2.05, 4.69) is 60.7 Å².